The maximum Gasteiger partial charge on any atom is 0.410 e. The first kappa shape index (κ1) is 22.8. The molecule has 0 saturated carbocycles. The van der Waals surface area contributed by atoms with Crippen LogP contribution in [0.25, 0.3) is 0 Å². The van der Waals surface area contributed by atoms with E-state index in [1.54, 1.807) is 17.0 Å². The summed E-state index contributed by atoms with van der Waals surface area (Å²) < 4.78 is 16.5. The Labute approximate surface area is 173 Å². The number of hydrogen-bond acceptors (Lipinski definition) is 6. The van der Waals surface area contributed by atoms with Gasteiger partial charge in [0.15, 0.2) is 0 Å². The topological polar surface area (TPSA) is 80.3 Å². The summed E-state index contributed by atoms with van der Waals surface area (Å²) >= 11 is 0. The van der Waals surface area contributed by atoms with Gasteiger partial charge in [0.25, 0.3) is 0 Å². The van der Waals surface area contributed by atoms with Crippen LogP contribution in [-0.4, -0.2) is 73.3 Å². The third kappa shape index (κ3) is 7.45. The Morgan fingerprint density at radius 1 is 1.03 bits per heavy atom. The van der Waals surface area contributed by atoms with Crippen molar-refractivity contribution in [1.82, 2.24) is 9.80 Å². The summed E-state index contributed by atoms with van der Waals surface area (Å²) in [4.78, 5) is 28.4. The van der Waals surface area contributed by atoms with Crippen molar-refractivity contribution in [2.75, 3.05) is 51.3 Å². The third-order valence-corrected chi connectivity index (χ3v) is 4.23. The number of rotatable bonds is 7. The van der Waals surface area contributed by atoms with E-state index in [2.05, 4.69) is 5.32 Å². The number of nitrogens with one attached hydrogen (secondary N) is 1. The predicted octanol–water partition coefficient (Wildman–Crippen LogP) is 2.98. The van der Waals surface area contributed by atoms with Gasteiger partial charge < -0.3 is 24.4 Å². The number of piperazine rings is 1. The van der Waals surface area contributed by atoms with E-state index in [4.69, 9.17) is 14.2 Å². The molecule has 0 unspecified atom stereocenters. The van der Waals surface area contributed by atoms with Crippen molar-refractivity contribution in [2.45, 2.75) is 40.2 Å². The second-order valence-electron chi connectivity index (χ2n) is 7.82. The van der Waals surface area contributed by atoms with Crippen molar-refractivity contribution in [3.63, 3.8) is 0 Å². The minimum absolute atomic E-state index is 0.134. The SMILES string of the molecule is CCOc1ccc(OCC)c(NC(=O)CN2CCN(C(=O)OC(C)(C)C)CC2)c1. The lowest BCUT2D eigenvalue weighted by Crippen LogP contribution is -2.51. The van der Waals surface area contributed by atoms with E-state index in [0.717, 1.165) is 0 Å². The van der Waals surface area contributed by atoms with Crippen LogP contribution in [0.4, 0.5) is 10.5 Å². The van der Waals surface area contributed by atoms with Gasteiger partial charge >= 0.3 is 6.09 Å². The smallest absolute Gasteiger partial charge is 0.410 e. The van der Waals surface area contributed by atoms with Crippen molar-refractivity contribution in [1.29, 1.82) is 0 Å². The molecule has 2 rings (SSSR count). The fourth-order valence-corrected chi connectivity index (χ4v) is 2.95. The number of amides is 2. The lowest BCUT2D eigenvalue weighted by molar-refractivity contribution is -0.117. The van der Waals surface area contributed by atoms with E-state index in [-0.39, 0.29) is 18.5 Å². The van der Waals surface area contributed by atoms with Gasteiger partial charge in [0, 0.05) is 32.2 Å². The van der Waals surface area contributed by atoms with E-state index >= 15 is 0 Å². The van der Waals surface area contributed by atoms with Crippen molar-refractivity contribution in [3.8, 4) is 11.5 Å². The molecule has 0 aromatic heterocycles. The van der Waals surface area contributed by atoms with Gasteiger partial charge in [-0.15, -0.1) is 0 Å². The van der Waals surface area contributed by atoms with Crippen LogP contribution < -0.4 is 14.8 Å². The Kier molecular flexibility index (Phi) is 8.13. The molecular weight excluding hydrogens is 374 g/mol. The maximum atomic E-state index is 12.6. The van der Waals surface area contributed by atoms with Crippen molar-refractivity contribution in [3.05, 3.63) is 18.2 Å². The van der Waals surface area contributed by atoms with E-state index in [9.17, 15) is 9.59 Å². The number of hydrogen-bond donors (Lipinski definition) is 1. The maximum absolute atomic E-state index is 12.6. The number of anilines is 1. The van der Waals surface area contributed by atoms with Crippen LogP contribution in [0.3, 0.4) is 0 Å². The van der Waals surface area contributed by atoms with Gasteiger partial charge in [-0.3, -0.25) is 9.69 Å². The molecule has 8 heteroatoms. The fourth-order valence-electron chi connectivity index (χ4n) is 2.95. The molecule has 0 atom stereocenters. The monoisotopic (exact) mass is 407 g/mol. The van der Waals surface area contributed by atoms with Gasteiger partial charge in [-0.25, -0.2) is 4.79 Å². The first-order valence-corrected chi connectivity index (χ1v) is 10.1. The standard InChI is InChI=1S/C21H33N3O5/c1-6-27-16-8-9-18(28-7-2)17(14-16)22-19(25)15-23-10-12-24(13-11-23)20(26)29-21(3,4)5/h8-9,14H,6-7,10-13,15H2,1-5H3,(H,22,25). The number of nitrogens with zero attached hydrogens (tertiary/aromatic N) is 2. The normalized spacial score (nSPS) is 15.0. The molecule has 1 aromatic carbocycles. The summed E-state index contributed by atoms with van der Waals surface area (Å²) in [5.41, 5.74) is 0.0813. The highest BCUT2D eigenvalue weighted by atomic mass is 16.6. The predicted molar refractivity (Wildman–Crippen MR) is 112 cm³/mol. The van der Waals surface area contributed by atoms with Crippen molar-refractivity contribution < 1.29 is 23.8 Å². The average molecular weight is 408 g/mol. The summed E-state index contributed by atoms with van der Waals surface area (Å²) in [6.07, 6.45) is -0.310. The number of ether oxygens (including phenoxy) is 3. The van der Waals surface area contributed by atoms with Crippen LogP contribution in [0.1, 0.15) is 34.6 Å². The fraction of sp³-hybridized carbons (Fsp3) is 0.619. The Balaban J connectivity index is 1.89. The number of carbonyl (C=O) groups excluding carboxylic acids is 2. The largest absolute Gasteiger partial charge is 0.494 e. The molecule has 0 bridgehead atoms. The molecule has 1 aliphatic rings. The molecule has 0 spiro atoms. The highest BCUT2D eigenvalue weighted by Crippen LogP contribution is 2.29. The Bertz CT molecular complexity index is 694. The van der Waals surface area contributed by atoms with E-state index < -0.39 is 5.60 Å². The molecular formula is C21H33N3O5. The van der Waals surface area contributed by atoms with Crippen molar-refractivity contribution in [2.24, 2.45) is 0 Å². The van der Waals surface area contributed by atoms with E-state index in [1.807, 2.05) is 45.6 Å². The molecule has 1 fully saturated rings. The van der Waals surface area contributed by atoms with E-state index in [0.29, 0.717) is 56.6 Å². The van der Waals surface area contributed by atoms with Gasteiger partial charge in [0.2, 0.25) is 5.91 Å². The molecule has 0 radical (unpaired) electrons. The minimum Gasteiger partial charge on any atom is -0.494 e. The molecule has 1 N–H and O–H groups in total. The van der Waals surface area contributed by atoms with Crippen LogP contribution in [0.2, 0.25) is 0 Å². The lowest BCUT2D eigenvalue weighted by Gasteiger charge is -2.35. The number of benzene rings is 1. The highest BCUT2D eigenvalue weighted by Gasteiger charge is 2.26. The molecule has 1 saturated heterocycles. The van der Waals surface area contributed by atoms with Crippen LogP contribution in [0.5, 0.6) is 11.5 Å². The second-order valence-corrected chi connectivity index (χ2v) is 7.82. The lowest BCUT2D eigenvalue weighted by atomic mass is 10.2. The molecule has 2 amide bonds. The van der Waals surface area contributed by atoms with E-state index in [1.165, 1.54) is 0 Å². The zero-order valence-corrected chi connectivity index (χ0v) is 18.1. The van der Waals surface area contributed by atoms with Crippen LogP contribution in [-0.2, 0) is 9.53 Å². The first-order valence-electron chi connectivity index (χ1n) is 10.1. The van der Waals surface area contributed by atoms with Crippen molar-refractivity contribution >= 4 is 17.7 Å². The summed E-state index contributed by atoms with van der Waals surface area (Å²) in [6.45, 7) is 12.9. The molecule has 0 aliphatic carbocycles. The molecule has 8 nitrogen and oxygen atoms in total. The summed E-state index contributed by atoms with van der Waals surface area (Å²) in [5, 5.41) is 2.92. The van der Waals surface area contributed by atoms with Gasteiger partial charge in [-0.2, -0.15) is 0 Å². The Hall–Kier alpha value is -2.48. The number of carbonyl (C=O) groups is 2. The van der Waals surface area contributed by atoms with Crippen LogP contribution in [0, 0.1) is 0 Å². The molecule has 29 heavy (non-hydrogen) atoms. The van der Waals surface area contributed by atoms with Gasteiger partial charge in [-0.1, -0.05) is 0 Å². The van der Waals surface area contributed by atoms with Gasteiger partial charge in [-0.05, 0) is 46.8 Å². The van der Waals surface area contributed by atoms with Crippen LogP contribution in [0.15, 0.2) is 18.2 Å². The van der Waals surface area contributed by atoms with Gasteiger partial charge in [0.1, 0.15) is 17.1 Å². The second kappa shape index (κ2) is 10.3. The minimum atomic E-state index is -0.512. The first-order chi connectivity index (χ1) is 13.7. The highest BCUT2D eigenvalue weighted by molar-refractivity contribution is 5.94. The summed E-state index contributed by atoms with van der Waals surface area (Å²) in [6, 6.07) is 5.39. The molecule has 1 aliphatic heterocycles. The summed E-state index contributed by atoms with van der Waals surface area (Å²) in [7, 11) is 0. The molecule has 1 aromatic rings. The Morgan fingerprint density at radius 3 is 2.28 bits per heavy atom. The zero-order valence-electron chi connectivity index (χ0n) is 18.1. The molecule has 1 heterocycles. The average Bonchev–Trinajstić information content (AvgIpc) is 2.63. The summed E-state index contributed by atoms with van der Waals surface area (Å²) in [5.74, 6) is 1.15. The quantitative estimate of drug-likeness (QED) is 0.749. The molecule has 162 valence electrons. The van der Waals surface area contributed by atoms with Gasteiger partial charge in [0.05, 0.1) is 25.4 Å². The zero-order chi connectivity index (χ0) is 21.4. The Morgan fingerprint density at radius 2 is 1.69 bits per heavy atom. The van der Waals surface area contributed by atoms with Crippen LogP contribution >= 0.6 is 0 Å². The third-order valence-electron chi connectivity index (χ3n) is 4.23.